The van der Waals surface area contributed by atoms with Crippen LogP contribution < -0.4 is 15.6 Å². The van der Waals surface area contributed by atoms with Crippen molar-refractivity contribution in [2.75, 3.05) is 31.7 Å². The average Bonchev–Trinajstić information content (AvgIpc) is 2.96. The van der Waals surface area contributed by atoms with Gasteiger partial charge in [0.25, 0.3) is 5.91 Å². The summed E-state index contributed by atoms with van der Waals surface area (Å²) < 4.78 is 7.69. The largest absolute Gasteiger partial charge is 0.381 e. The van der Waals surface area contributed by atoms with E-state index in [-0.39, 0.29) is 22.9 Å². The summed E-state index contributed by atoms with van der Waals surface area (Å²) in [6.07, 6.45) is 4.70. The molecular formula is C32H32ClN3O3. The fraction of sp³-hybridized carbons (Fsp3) is 0.312. The molecule has 0 saturated carbocycles. The first kappa shape index (κ1) is 25.7. The van der Waals surface area contributed by atoms with Crippen LogP contribution in [0.1, 0.15) is 45.9 Å². The van der Waals surface area contributed by atoms with Gasteiger partial charge in [0.1, 0.15) is 5.56 Å². The number of aromatic nitrogens is 1. The monoisotopic (exact) mass is 541 g/mol. The lowest BCUT2D eigenvalue weighted by Crippen LogP contribution is -2.37. The fourth-order valence-corrected chi connectivity index (χ4v) is 6.02. The van der Waals surface area contributed by atoms with Crippen LogP contribution in [0.25, 0.3) is 10.9 Å². The Balaban J connectivity index is 1.45. The average molecular weight is 542 g/mol. The summed E-state index contributed by atoms with van der Waals surface area (Å²) in [5.41, 5.74) is 5.04. The maximum absolute atomic E-state index is 13.9. The summed E-state index contributed by atoms with van der Waals surface area (Å²) >= 11 is 6.01. The number of benzene rings is 3. The maximum Gasteiger partial charge on any atom is 0.257 e. The van der Waals surface area contributed by atoms with Crippen LogP contribution in [0.5, 0.6) is 0 Å². The van der Waals surface area contributed by atoms with E-state index in [1.54, 1.807) is 18.3 Å². The van der Waals surface area contributed by atoms with Gasteiger partial charge in [-0.15, -0.1) is 0 Å². The van der Waals surface area contributed by atoms with Gasteiger partial charge in [0.15, 0.2) is 0 Å². The lowest BCUT2D eigenvalue weighted by molar-refractivity contribution is 0.0665. The number of pyridine rings is 1. The first-order valence-electron chi connectivity index (χ1n) is 13.6. The first-order chi connectivity index (χ1) is 19.0. The Morgan fingerprint density at radius 3 is 2.51 bits per heavy atom. The van der Waals surface area contributed by atoms with E-state index in [1.807, 2.05) is 36.4 Å². The van der Waals surface area contributed by atoms with E-state index >= 15 is 0 Å². The zero-order chi connectivity index (χ0) is 26.9. The highest BCUT2D eigenvalue weighted by atomic mass is 35.5. The number of hydrogen-bond donors (Lipinski definition) is 1. The maximum atomic E-state index is 13.9. The molecule has 4 aromatic rings. The molecule has 1 saturated heterocycles. The van der Waals surface area contributed by atoms with Gasteiger partial charge < -0.3 is 19.5 Å². The molecule has 1 N–H and O–H groups in total. The third-order valence-electron chi connectivity index (χ3n) is 8.02. The summed E-state index contributed by atoms with van der Waals surface area (Å²) in [5.74, 6) is 0.158. The molecule has 3 aromatic carbocycles. The third kappa shape index (κ3) is 5.19. The van der Waals surface area contributed by atoms with Gasteiger partial charge in [0.05, 0.1) is 17.2 Å². The van der Waals surface area contributed by atoms with Gasteiger partial charge in [0.2, 0.25) is 5.43 Å². The molecule has 0 spiro atoms. The zero-order valence-corrected chi connectivity index (χ0v) is 22.8. The second-order valence-corrected chi connectivity index (χ2v) is 11.1. The van der Waals surface area contributed by atoms with Crippen molar-refractivity contribution in [3.63, 3.8) is 0 Å². The number of anilines is 1. The van der Waals surface area contributed by atoms with Crippen LogP contribution in [0, 0.1) is 5.92 Å². The van der Waals surface area contributed by atoms with Crippen LogP contribution in [0.3, 0.4) is 0 Å². The van der Waals surface area contributed by atoms with E-state index in [9.17, 15) is 9.59 Å². The molecule has 2 aliphatic rings. The molecule has 6 nitrogen and oxygen atoms in total. The van der Waals surface area contributed by atoms with Crippen molar-refractivity contribution in [2.24, 2.45) is 5.92 Å². The molecule has 3 heterocycles. The lowest BCUT2D eigenvalue weighted by Gasteiger charge is -2.36. The quantitative estimate of drug-likeness (QED) is 0.345. The minimum absolute atomic E-state index is 0.0315. The van der Waals surface area contributed by atoms with Gasteiger partial charge >= 0.3 is 0 Å². The lowest BCUT2D eigenvalue weighted by atomic mass is 9.90. The summed E-state index contributed by atoms with van der Waals surface area (Å²) in [5, 5.41) is 4.19. The Morgan fingerprint density at radius 2 is 1.77 bits per heavy atom. The minimum Gasteiger partial charge on any atom is -0.381 e. The molecule has 2 aliphatic heterocycles. The summed E-state index contributed by atoms with van der Waals surface area (Å²) in [6.45, 7) is 2.62. The molecule has 7 heteroatoms. The fourth-order valence-electron chi connectivity index (χ4n) is 5.90. The predicted molar refractivity (Wildman–Crippen MR) is 156 cm³/mol. The van der Waals surface area contributed by atoms with Crippen molar-refractivity contribution in [3.05, 3.63) is 110 Å². The molecule has 200 valence electrons. The van der Waals surface area contributed by atoms with Crippen molar-refractivity contribution in [1.29, 1.82) is 0 Å². The Labute approximate surface area is 233 Å². The molecule has 0 radical (unpaired) electrons. The van der Waals surface area contributed by atoms with E-state index in [4.69, 9.17) is 16.3 Å². The number of amides is 1. The van der Waals surface area contributed by atoms with Crippen molar-refractivity contribution < 1.29 is 9.53 Å². The number of likely N-dealkylation sites (N-methyl/N-ethyl adjacent to an activating group) is 1. The SMILES string of the molecule is CN1CC(c2ccccc2)n2cc(C(=O)NCc3ccc(Cl)cc3)c(=O)c3cc(CC4CCOCC4)cc1c32. The molecule has 0 bridgehead atoms. The second kappa shape index (κ2) is 10.9. The van der Waals surface area contributed by atoms with E-state index in [0.29, 0.717) is 22.9 Å². The summed E-state index contributed by atoms with van der Waals surface area (Å²) in [4.78, 5) is 29.6. The zero-order valence-electron chi connectivity index (χ0n) is 22.0. The predicted octanol–water partition coefficient (Wildman–Crippen LogP) is 5.59. The number of hydrogen-bond acceptors (Lipinski definition) is 4. The summed E-state index contributed by atoms with van der Waals surface area (Å²) in [6, 6.07) is 21.8. The molecule has 1 amide bonds. The van der Waals surface area contributed by atoms with E-state index in [1.165, 1.54) is 0 Å². The Hall–Kier alpha value is -3.61. The van der Waals surface area contributed by atoms with Gasteiger partial charge in [0, 0.05) is 50.0 Å². The number of rotatable bonds is 6. The van der Waals surface area contributed by atoms with Gasteiger partial charge in [-0.2, -0.15) is 0 Å². The van der Waals surface area contributed by atoms with E-state index < -0.39 is 0 Å². The number of carbonyl (C=O) groups excluding carboxylic acids is 1. The van der Waals surface area contributed by atoms with Gasteiger partial charge in [-0.1, -0.05) is 54.1 Å². The normalized spacial score (nSPS) is 17.4. The second-order valence-electron chi connectivity index (χ2n) is 10.7. The highest BCUT2D eigenvalue weighted by Gasteiger charge is 2.29. The first-order valence-corrected chi connectivity index (χ1v) is 13.9. The van der Waals surface area contributed by atoms with Crippen molar-refractivity contribution in [2.45, 2.75) is 31.8 Å². The summed E-state index contributed by atoms with van der Waals surface area (Å²) in [7, 11) is 2.09. The highest BCUT2D eigenvalue weighted by Crippen LogP contribution is 2.37. The molecule has 1 atom stereocenters. The number of nitrogens with one attached hydrogen (secondary N) is 1. The molecule has 1 aromatic heterocycles. The van der Waals surface area contributed by atoms with E-state index in [0.717, 1.165) is 66.9 Å². The third-order valence-corrected chi connectivity index (χ3v) is 8.27. The topological polar surface area (TPSA) is 63.6 Å². The number of carbonyl (C=O) groups is 1. The molecule has 1 unspecified atom stereocenters. The van der Waals surface area contributed by atoms with Crippen LogP contribution >= 0.6 is 11.6 Å². The van der Waals surface area contributed by atoms with E-state index in [2.05, 4.69) is 40.0 Å². The standard InChI is InChI=1S/C32H32ClN3O3/c1-35-20-29(24-5-3-2-4-6-24)36-19-27(32(38)34-18-22-7-9-25(33)10-8-22)31(37)26-16-23(17-28(35)30(26)36)15-21-11-13-39-14-12-21/h2-10,16-17,19,21,29H,11-15,18,20H2,1H3,(H,34,38). The van der Waals surface area contributed by atoms with Crippen molar-refractivity contribution >= 4 is 34.1 Å². The molecular weight excluding hydrogens is 510 g/mol. The Kier molecular flexibility index (Phi) is 7.15. The molecule has 1 fully saturated rings. The number of nitrogens with zero attached hydrogens (tertiary/aromatic N) is 2. The van der Waals surface area contributed by atoms with Gasteiger partial charge in [-0.3, -0.25) is 9.59 Å². The van der Waals surface area contributed by atoms with Gasteiger partial charge in [-0.05, 0) is 66.1 Å². The Morgan fingerprint density at radius 1 is 1.03 bits per heavy atom. The smallest absolute Gasteiger partial charge is 0.257 e. The van der Waals surface area contributed by atoms with Crippen LogP contribution in [-0.4, -0.2) is 37.3 Å². The molecule has 39 heavy (non-hydrogen) atoms. The van der Waals surface area contributed by atoms with Gasteiger partial charge in [-0.25, -0.2) is 0 Å². The van der Waals surface area contributed by atoms with Crippen molar-refractivity contribution in [3.8, 4) is 0 Å². The Bertz CT molecular complexity index is 1560. The van der Waals surface area contributed by atoms with Crippen LogP contribution in [-0.2, 0) is 17.7 Å². The minimum atomic E-state index is -0.372. The number of ether oxygens (including phenoxy) is 1. The van der Waals surface area contributed by atoms with Crippen LogP contribution in [0.4, 0.5) is 5.69 Å². The molecule has 6 rings (SSSR count). The molecule has 0 aliphatic carbocycles. The highest BCUT2D eigenvalue weighted by molar-refractivity contribution is 6.30. The van der Waals surface area contributed by atoms with Crippen LogP contribution in [0.2, 0.25) is 5.02 Å². The van der Waals surface area contributed by atoms with Crippen molar-refractivity contribution in [1.82, 2.24) is 9.88 Å². The van der Waals surface area contributed by atoms with Crippen LogP contribution in [0.15, 0.2) is 77.7 Å². The number of halogens is 1.